The molecule has 2 rings (SSSR count). The Labute approximate surface area is 122 Å². The van der Waals surface area contributed by atoms with E-state index in [1.165, 1.54) is 24.1 Å². The van der Waals surface area contributed by atoms with Crippen LogP contribution in [0.5, 0.6) is 0 Å². The fraction of sp³-hybridized carbons (Fsp3) is 0.647. The lowest BCUT2D eigenvalue weighted by Gasteiger charge is -2.27. The van der Waals surface area contributed by atoms with Gasteiger partial charge in [-0.1, -0.05) is 12.1 Å². The van der Waals surface area contributed by atoms with Gasteiger partial charge in [-0.25, -0.2) is 0 Å². The molecule has 0 aromatic heterocycles. The highest BCUT2D eigenvalue weighted by molar-refractivity contribution is 5.45. The second kappa shape index (κ2) is 8.28. The molecule has 0 saturated heterocycles. The number of nitrogens with one attached hydrogen (secondary N) is 1. The molecule has 3 nitrogen and oxygen atoms in total. The van der Waals surface area contributed by atoms with Gasteiger partial charge in [0.2, 0.25) is 0 Å². The predicted octanol–water partition coefficient (Wildman–Crippen LogP) is 3.34. The van der Waals surface area contributed by atoms with Crippen LogP contribution in [0.4, 0.5) is 5.69 Å². The highest BCUT2D eigenvalue weighted by Gasteiger charge is 2.17. The molecule has 1 fully saturated rings. The first-order valence-electron chi connectivity index (χ1n) is 7.96. The van der Waals surface area contributed by atoms with E-state index in [1.807, 2.05) is 6.92 Å². The monoisotopic (exact) mass is 276 g/mol. The molecule has 0 aliphatic heterocycles. The van der Waals surface area contributed by atoms with E-state index in [-0.39, 0.29) is 0 Å². The van der Waals surface area contributed by atoms with Crippen LogP contribution in [0.3, 0.4) is 0 Å². The summed E-state index contributed by atoms with van der Waals surface area (Å²) >= 11 is 0. The lowest BCUT2D eigenvalue weighted by atomic mass is 9.91. The minimum Gasteiger partial charge on any atom is -0.382 e. The van der Waals surface area contributed by atoms with Crippen LogP contribution in [0.15, 0.2) is 24.3 Å². The van der Waals surface area contributed by atoms with Gasteiger partial charge in [-0.05, 0) is 63.1 Å². The summed E-state index contributed by atoms with van der Waals surface area (Å²) in [5, 5.41) is 3.62. The largest absolute Gasteiger partial charge is 0.382 e. The van der Waals surface area contributed by atoms with Gasteiger partial charge >= 0.3 is 0 Å². The highest BCUT2D eigenvalue weighted by Crippen LogP contribution is 2.21. The first-order chi connectivity index (χ1) is 9.78. The molecule has 0 amide bonds. The highest BCUT2D eigenvalue weighted by atomic mass is 16.5. The summed E-state index contributed by atoms with van der Waals surface area (Å²) in [5.74, 6) is 0. The lowest BCUT2D eigenvalue weighted by Crippen LogP contribution is -2.32. The van der Waals surface area contributed by atoms with Gasteiger partial charge in [0, 0.05) is 31.0 Å². The zero-order valence-electron chi connectivity index (χ0n) is 12.6. The van der Waals surface area contributed by atoms with Crippen molar-refractivity contribution in [1.82, 2.24) is 0 Å². The van der Waals surface area contributed by atoms with E-state index in [0.717, 1.165) is 38.9 Å². The van der Waals surface area contributed by atoms with Crippen LogP contribution >= 0.6 is 0 Å². The molecule has 1 aromatic rings. The number of nitrogens with two attached hydrogens (primary N) is 1. The summed E-state index contributed by atoms with van der Waals surface area (Å²) in [5.41, 5.74) is 8.57. The van der Waals surface area contributed by atoms with Gasteiger partial charge < -0.3 is 15.8 Å². The lowest BCUT2D eigenvalue weighted by molar-refractivity contribution is 0.145. The molecule has 0 unspecified atom stereocenters. The second-order valence-corrected chi connectivity index (χ2v) is 5.75. The van der Waals surface area contributed by atoms with Crippen molar-refractivity contribution >= 4 is 5.69 Å². The third kappa shape index (κ3) is 5.14. The molecular weight excluding hydrogens is 248 g/mol. The van der Waals surface area contributed by atoms with Gasteiger partial charge in [-0.2, -0.15) is 0 Å². The number of benzene rings is 1. The van der Waals surface area contributed by atoms with Crippen molar-refractivity contribution in [2.45, 2.75) is 57.5 Å². The standard InChI is InChI=1S/C17H28N2O/c1-2-20-13-3-4-14-5-9-16(10-6-14)19-17-11-7-15(18)8-12-17/h5-6,9-10,15,17,19H,2-4,7-8,11-13,18H2,1H3. The molecule has 0 spiro atoms. The zero-order chi connectivity index (χ0) is 14.2. The number of hydrogen-bond donors (Lipinski definition) is 2. The Hall–Kier alpha value is -1.06. The van der Waals surface area contributed by atoms with Crippen LogP contribution in [0.1, 0.15) is 44.6 Å². The Morgan fingerprint density at radius 3 is 2.50 bits per heavy atom. The number of ether oxygens (including phenoxy) is 1. The number of anilines is 1. The Morgan fingerprint density at radius 2 is 1.85 bits per heavy atom. The molecule has 112 valence electrons. The van der Waals surface area contributed by atoms with E-state index in [2.05, 4.69) is 29.6 Å². The van der Waals surface area contributed by atoms with Crippen LogP contribution in [0.25, 0.3) is 0 Å². The van der Waals surface area contributed by atoms with E-state index in [4.69, 9.17) is 10.5 Å². The quantitative estimate of drug-likeness (QED) is 0.751. The molecule has 0 bridgehead atoms. The van der Waals surface area contributed by atoms with Crippen molar-refractivity contribution in [3.8, 4) is 0 Å². The van der Waals surface area contributed by atoms with E-state index in [0.29, 0.717) is 12.1 Å². The Balaban J connectivity index is 1.73. The predicted molar refractivity (Wildman–Crippen MR) is 85.1 cm³/mol. The Bertz CT molecular complexity index is 369. The van der Waals surface area contributed by atoms with E-state index in [1.54, 1.807) is 0 Å². The smallest absolute Gasteiger partial charge is 0.0469 e. The van der Waals surface area contributed by atoms with E-state index >= 15 is 0 Å². The van der Waals surface area contributed by atoms with Crippen molar-refractivity contribution in [2.24, 2.45) is 5.73 Å². The number of aryl methyl sites for hydroxylation is 1. The summed E-state index contributed by atoms with van der Waals surface area (Å²) in [7, 11) is 0. The van der Waals surface area contributed by atoms with Crippen LogP contribution in [-0.4, -0.2) is 25.3 Å². The molecule has 1 saturated carbocycles. The van der Waals surface area contributed by atoms with Gasteiger partial charge in [0.1, 0.15) is 0 Å². The first-order valence-corrected chi connectivity index (χ1v) is 7.96. The van der Waals surface area contributed by atoms with Gasteiger partial charge in [-0.3, -0.25) is 0 Å². The second-order valence-electron chi connectivity index (χ2n) is 5.75. The molecule has 0 heterocycles. The van der Waals surface area contributed by atoms with Crippen LogP contribution in [-0.2, 0) is 11.2 Å². The Morgan fingerprint density at radius 1 is 1.15 bits per heavy atom. The zero-order valence-corrected chi connectivity index (χ0v) is 12.6. The minimum atomic E-state index is 0.417. The van der Waals surface area contributed by atoms with Gasteiger partial charge in [-0.15, -0.1) is 0 Å². The third-order valence-electron chi connectivity index (χ3n) is 4.05. The normalized spacial score (nSPS) is 22.7. The van der Waals surface area contributed by atoms with Gasteiger partial charge in [0.05, 0.1) is 0 Å². The molecule has 3 heteroatoms. The molecule has 0 radical (unpaired) electrons. The van der Waals surface area contributed by atoms with Crippen LogP contribution < -0.4 is 11.1 Å². The summed E-state index contributed by atoms with van der Waals surface area (Å²) in [6.07, 6.45) is 6.87. The minimum absolute atomic E-state index is 0.417. The Kier molecular flexibility index (Phi) is 6.34. The van der Waals surface area contributed by atoms with Crippen molar-refractivity contribution < 1.29 is 4.74 Å². The number of rotatable bonds is 7. The third-order valence-corrected chi connectivity index (χ3v) is 4.05. The van der Waals surface area contributed by atoms with Crippen LogP contribution in [0, 0.1) is 0 Å². The maximum atomic E-state index is 5.94. The maximum absolute atomic E-state index is 5.94. The van der Waals surface area contributed by atoms with Crippen molar-refractivity contribution in [2.75, 3.05) is 18.5 Å². The van der Waals surface area contributed by atoms with Crippen molar-refractivity contribution in [3.05, 3.63) is 29.8 Å². The van der Waals surface area contributed by atoms with Crippen molar-refractivity contribution in [3.63, 3.8) is 0 Å². The molecule has 1 aliphatic carbocycles. The van der Waals surface area contributed by atoms with Crippen LogP contribution in [0.2, 0.25) is 0 Å². The van der Waals surface area contributed by atoms with Crippen molar-refractivity contribution in [1.29, 1.82) is 0 Å². The van der Waals surface area contributed by atoms with E-state index in [9.17, 15) is 0 Å². The average Bonchev–Trinajstić information content (AvgIpc) is 2.48. The summed E-state index contributed by atoms with van der Waals surface area (Å²) < 4.78 is 5.37. The molecule has 0 atom stereocenters. The average molecular weight is 276 g/mol. The molecule has 20 heavy (non-hydrogen) atoms. The fourth-order valence-electron chi connectivity index (χ4n) is 2.79. The molecular formula is C17H28N2O. The first kappa shape index (κ1) is 15.3. The maximum Gasteiger partial charge on any atom is 0.0469 e. The topological polar surface area (TPSA) is 47.3 Å². The summed E-state index contributed by atoms with van der Waals surface area (Å²) in [6.45, 7) is 3.71. The van der Waals surface area contributed by atoms with Gasteiger partial charge in [0.25, 0.3) is 0 Å². The number of hydrogen-bond acceptors (Lipinski definition) is 3. The molecule has 3 N–H and O–H groups in total. The summed E-state index contributed by atoms with van der Waals surface area (Å²) in [6, 6.07) is 9.86. The SMILES string of the molecule is CCOCCCc1ccc(NC2CCC(N)CC2)cc1. The summed E-state index contributed by atoms with van der Waals surface area (Å²) in [4.78, 5) is 0. The molecule has 1 aliphatic rings. The molecule has 1 aromatic carbocycles. The van der Waals surface area contributed by atoms with E-state index < -0.39 is 0 Å². The van der Waals surface area contributed by atoms with Gasteiger partial charge in [0.15, 0.2) is 0 Å². The fourth-order valence-corrected chi connectivity index (χ4v) is 2.79.